The molecule has 1 heterocycles. The highest BCUT2D eigenvalue weighted by Gasteiger charge is 2.11. The fourth-order valence-corrected chi connectivity index (χ4v) is 1.42. The molecule has 16 heavy (non-hydrogen) atoms. The normalized spacial score (nSPS) is 10.1. The fourth-order valence-electron chi connectivity index (χ4n) is 1.42. The number of Topliss-reactive ketones (excluding diaryl/α,β-unsaturated/α-hetero) is 1. The van der Waals surface area contributed by atoms with Crippen LogP contribution in [-0.2, 0) is 6.54 Å². The summed E-state index contributed by atoms with van der Waals surface area (Å²) in [7, 11) is 1.54. The number of ether oxygens (including phenoxy) is 1. The number of hydrogen-bond acceptors (Lipinski definition) is 4. The molecule has 0 atom stereocenters. The summed E-state index contributed by atoms with van der Waals surface area (Å²) in [5, 5.41) is 3.88. The SMILES string of the molecule is COc1ccccc1C(=O)Cn1cncn1. The Balaban J connectivity index is 2.21. The number of aromatic nitrogens is 3. The molecule has 0 radical (unpaired) electrons. The van der Waals surface area contributed by atoms with Crippen LogP contribution >= 0.6 is 0 Å². The molecule has 0 N–H and O–H groups in total. The summed E-state index contributed by atoms with van der Waals surface area (Å²) >= 11 is 0. The molecule has 0 aliphatic rings. The maximum absolute atomic E-state index is 11.9. The Hall–Kier alpha value is -2.17. The summed E-state index contributed by atoms with van der Waals surface area (Å²) in [5.74, 6) is 0.524. The van der Waals surface area contributed by atoms with Gasteiger partial charge in [-0.3, -0.25) is 4.79 Å². The molecule has 0 amide bonds. The first-order chi connectivity index (χ1) is 7.81. The van der Waals surface area contributed by atoms with Crippen LogP contribution in [0.2, 0.25) is 0 Å². The molecule has 5 nitrogen and oxygen atoms in total. The summed E-state index contributed by atoms with van der Waals surface area (Å²) < 4.78 is 6.60. The number of hydrogen-bond donors (Lipinski definition) is 0. The number of carbonyl (C=O) groups is 1. The van der Waals surface area contributed by atoms with Gasteiger partial charge in [0, 0.05) is 0 Å². The lowest BCUT2D eigenvalue weighted by atomic mass is 10.1. The van der Waals surface area contributed by atoms with Gasteiger partial charge in [0.1, 0.15) is 24.9 Å². The van der Waals surface area contributed by atoms with E-state index in [4.69, 9.17) is 4.74 Å². The summed E-state index contributed by atoms with van der Waals surface area (Å²) in [5.41, 5.74) is 0.556. The smallest absolute Gasteiger partial charge is 0.188 e. The molecule has 2 aromatic rings. The molecule has 0 spiro atoms. The quantitative estimate of drug-likeness (QED) is 0.721. The van der Waals surface area contributed by atoms with Gasteiger partial charge in [-0.1, -0.05) is 12.1 Å². The van der Waals surface area contributed by atoms with Crippen molar-refractivity contribution in [3.05, 3.63) is 42.5 Å². The fraction of sp³-hybridized carbons (Fsp3) is 0.182. The number of ketones is 1. The van der Waals surface area contributed by atoms with Gasteiger partial charge in [0.2, 0.25) is 0 Å². The zero-order valence-electron chi connectivity index (χ0n) is 8.83. The standard InChI is InChI=1S/C11H11N3O2/c1-16-11-5-3-2-4-9(11)10(15)6-14-8-12-7-13-14/h2-5,7-8H,6H2,1H3. The van der Waals surface area contributed by atoms with Gasteiger partial charge < -0.3 is 4.74 Å². The van der Waals surface area contributed by atoms with Crippen LogP contribution in [0.3, 0.4) is 0 Å². The van der Waals surface area contributed by atoms with E-state index in [1.807, 2.05) is 6.07 Å². The average molecular weight is 217 g/mol. The van der Waals surface area contributed by atoms with E-state index in [1.165, 1.54) is 17.3 Å². The van der Waals surface area contributed by atoms with Crippen LogP contribution in [0.15, 0.2) is 36.9 Å². The Bertz CT molecular complexity index is 480. The molecule has 0 aliphatic heterocycles. The van der Waals surface area contributed by atoms with Gasteiger partial charge in [-0.25, -0.2) is 9.67 Å². The van der Waals surface area contributed by atoms with E-state index in [0.29, 0.717) is 11.3 Å². The molecule has 0 saturated carbocycles. The van der Waals surface area contributed by atoms with E-state index >= 15 is 0 Å². The minimum absolute atomic E-state index is 0.0528. The molecular weight excluding hydrogens is 206 g/mol. The van der Waals surface area contributed by atoms with Crippen LogP contribution in [0, 0.1) is 0 Å². The van der Waals surface area contributed by atoms with Crippen molar-refractivity contribution in [2.24, 2.45) is 0 Å². The average Bonchev–Trinajstić information content (AvgIpc) is 2.81. The van der Waals surface area contributed by atoms with Gasteiger partial charge in [0.15, 0.2) is 5.78 Å². The predicted molar refractivity (Wildman–Crippen MR) is 57.3 cm³/mol. The van der Waals surface area contributed by atoms with Crippen LogP contribution in [0.1, 0.15) is 10.4 Å². The Kier molecular flexibility index (Phi) is 2.95. The minimum Gasteiger partial charge on any atom is -0.496 e. The molecule has 5 heteroatoms. The molecule has 0 unspecified atom stereocenters. The Labute approximate surface area is 92.7 Å². The van der Waals surface area contributed by atoms with E-state index in [2.05, 4.69) is 10.1 Å². The number of benzene rings is 1. The lowest BCUT2D eigenvalue weighted by Crippen LogP contribution is -2.11. The van der Waals surface area contributed by atoms with Gasteiger partial charge in [-0.05, 0) is 12.1 Å². The Morgan fingerprint density at radius 1 is 1.44 bits per heavy atom. The van der Waals surface area contributed by atoms with E-state index in [9.17, 15) is 4.79 Å². The minimum atomic E-state index is -0.0528. The first-order valence-corrected chi connectivity index (χ1v) is 4.80. The Morgan fingerprint density at radius 3 is 2.94 bits per heavy atom. The molecule has 0 aliphatic carbocycles. The molecule has 82 valence electrons. The van der Waals surface area contributed by atoms with Crippen molar-refractivity contribution < 1.29 is 9.53 Å². The van der Waals surface area contributed by atoms with Crippen LogP contribution < -0.4 is 4.74 Å². The highest BCUT2D eigenvalue weighted by molar-refractivity contribution is 5.98. The van der Waals surface area contributed by atoms with Gasteiger partial charge in [-0.2, -0.15) is 5.10 Å². The second kappa shape index (κ2) is 4.57. The van der Waals surface area contributed by atoms with Crippen molar-refractivity contribution in [1.82, 2.24) is 14.8 Å². The summed E-state index contributed by atoms with van der Waals surface area (Å²) in [6.45, 7) is 0.167. The van der Waals surface area contributed by atoms with Gasteiger partial charge >= 0.3 is 0 Å². The largest absolute Gasteiger partial charge is 0.496 e. The summed E-state index contributed by atoms with van der Waals surface area (Å²) in [4.78, 5) is 15.7. The van der Waals surface area contributed by atoms with Gasteiger partial charge in [0.25, 0.3) is 0 Å². The van der Waals surface area contributed by atoms with Crippen molar-refractivity contribution in [2.45, 2.75) is 6.54 Å². The van der Waals surface area contributed by atoms with Crippen molar-refractivity contribution >= 4 is 5.78 Å². The van der Waals surface area contributed by atoms with Crippen LogP contribution in [0.25, 0.3) is 0 Å². The van der Waals surface area contributed by atoms with Crippen LogP contribution in [-0.4, -0.2) is 27.7 Å². The molecule has 2 rings (SSSR count). The number of rotatable bonds is 4. The predicted octanol–water partition coefficient (Wildman–Crippen LogP) is 1.17. The van der Waals surface area contributed by atoms with Crippen molar-refractivity contribution in [3.63, 3.8) is 0 Å². The van der Waals surface area contributed by atoms with Gasteiger partial charge in [0.05, 0.1) is 12.7 Å². The lowest BCUT2D eigenvalue weighted by molar-refractivity contribution is 0.0964. The van der Waals surface area contributed by atoms with E-state index < -0.39 is 0 Å². The van der Waals surface area contributed by atoms with E-state index in [0.717, 1.165) is 0 Å². The zero-order valence-corrected chi connectivity index (χ0v) is 8.83. The topological polar surface area (TPSA) is 57.0 Å². The Morgan fingerprint density at radius 2 is 2.25 bits per heavy atom. The maximum Gasteiger partial charge on any atom is 0.188 e. The first kappa shape index (κ1) is 10.4. The molecular formula is C11H11N3O2. The number of nitrogens with zero attached hydrogens (tertiary/aromatic N) is 3. The number of methoxy groups -OCH3 is 1. The second-order valence-electron chi connectivity index (χ2n) is 3.22. The first-order valence-electron chi connectivity index (χ1n) is 4.80. The van der Waals surface area contributed by atoms with Crippen molar-refractivity contribution in [3.8, 4) is 5.75 Å². The highest BCUT2D eigenvalue weighted by atomic mass is 16.5. The van der Waals surface area contributed by atoms with E-state index in [-0.39, 0.29) is 12.3 Å². The summed E-state index contributed by atoms with van der Waals surface area (Å²) in [6, 6.07) is 7.12. The molecule has 1 aromatic carbocycles. The number of carbonyl (C=O) groups excluding carboxylic acids is 1. The van der Waals surface area contributed by atoms with Crippen LogP contribution in [0.4, 0.5) is 0 Å². The highest BCUT2D eigenvalue weighted by Crippen LogP contribution is 2.18. The second-order valence-corrected chi connectivity index (χ2v) is 3.22. The monoisotopic (exact) mass is 217 g/mol. The van der Waals surface area contributed by atoms with E-state index in [1.54, 1.807) is 25.3 Å². The third-order valence-corrected chi connectivity index (χ3v) is 2.18. The van der Waals surface area contributed by atoms with Crippen molar-refractivity contribution in [1.29, 1.82) is 0 Å². The third-order valence-electron chi connectivity index (χ3n) is 2.18. The van der Waals surface area contributed by atoms with Crippen LogP contribution in [0.5, 0.6) is 5.75 Å². The molecule has 0 saturated heterocycles. The molecule has 0 fully saturated rings. The molecule has 1 aromatic heterocycles. The van der Waals surface area contributed by atoms with Crippen molar-refractivity contribution in [2.75, 3.05) is 7.11 Å². The third kappa shape index (κ3) is 2.08. The zero-order chi connectivity index (χ0) is 11.4. The molecule has 0 bridgehead atoms. The summed E-state index contributed by atoms with van der Waals surface area (Å²) in [6.07, 6.45) is 2.91. The maximum atomic E-state index is 11.9. The lowest BCUT2D eigenvalue weighted by Gasteiger charge is -2.06. The number of para-hydroxylation sites is 1. The van der Waals surface area contributed by atoms with Gasteiger partial charge in [-0.15, -0.1) is 0 Å².